The van der Waals surface area contributed by atoms with Crippen LogP contribution in [0.2, 0.25) is 0 Å². The van der Waals surface area contributed by atoms with Gasteiger partial charge in [-0.3, -0.25) is 0 Å². The first kappa shape index (κ1) is 16.5. The van der Waals surface area contributed by atoms with Crippen LogP contribution in [0.3, 0.4) is 0 Å². The molecule has 0 bridgehead atoms. The quantitative estimate of drug-likeness (QED) is 0.842. The zero-order chi connectivity index (χ0) is 14.7. The molecule has 0 fully saturated rings. The largest absolute Gasteiger partial charge is 0.496 e. The van der Waals surface area contributed by atoms with E-state index in [9.17, 15) is 5.11 Å². The zero-order valence-corrected chi connectivity index (χ0v) is 14.0. The van der Waals surface area contributed by atoms with Crippen LogP contribution in [0, 0.1) is 0 Å². The van der Waals surface area contributed by atoms with E-state index in [0.29, 0.717) is 6.54 Å². The smallest absolute Gasteiger partial charge is 0.122 e. The van der Waals surface area contributed by atoms with Crippen LogP contribution in [0.1, 0.15) is 33.3 Å². The molecule has 0 aliphatic carbocycles. The van der Waals surface area contributed by atoms with Gasteiger partial charge < -0.3 is 15.2 Å². The predicted molar refractivity (Wildman–Crippen MR) is 82.9 cm³/mol. The molecule has 0 amide bonds. The Bertz CT molecular complexity index is 425. The van der Waals surface area contributed by atoms with Crippen molar-refractivity contribution in [2.24, 2.45) is 0 Å². The van der Waals surface area contributed by atoms with Crippen molar-refractivity contribution in [1.29, 1.82) is 0 Å². The van der Waals surface area contributed by atoms with Crippen molar-refractivity contribution in [3.05, 3.63) is 28.2 Å². The summed E-state index contributed by atoms with van der Waals surface area (Å²) in [6.07, 6.45) is 0. The number of benzene rings is 1. The standard InChI is InChI=1S/C15H24BrNO2/c1-14(2,9-17-10-15(3,4)18)12-8-11(16)6-7-13(12)19-5/h6-8,17-18H,9-10H2,1-5H3. The Kier molecular flexibility index (Phi) is 5.42. The average molecular weight is 330 g/mol. The van der Waals surface area contributed by atoms with Crippen LogP contribution in [-0.4, -0.2) is 30.9 Å². The summed E-state index contributed by atoms with van der Waals surface area (Å²) in [6.45, 7) is 9.25. The van der Waals surface area contributed by atoms with Gasteiger partial charge in [0.05, 0.1) is 12.7 Å². The molecule has 108 valence electrons. The van der Waals surface area contributed by atoms with Crippen LogP contribution in [0.15, 0.2) is 22.7 Å². The first-order valence-electron chi connectivity index (χ1n) is 6.43. The van der Waals surface area contributed by atoms with E-state index in [1.165, 1.54) is 0 Å². The minimum absolute atomic E-state index is 0.0830. The van der Waals surface area contributed by atoms with E-state index >= 15 is 0 Å². The molecule has 0 radical (unpaired) electrons. The van der Waals surface area contributed by atoms with Gasteiger partial charge in [0, 0.05) is 28.5 Å². The zero-order valence-electron chi connectivity index (χ0n) is 12.4. The molecular formula is C15H24BrNO2. The van der Waals surface area contributed by atoms with Crippen molar-refractivity contribution in [2.45, 2.75) is 38.7 Å². The third-order valence-electron chi connectivity index (χ3n) is 3.02. The number of hydrogen-bond acceptors (Lipinski definition) is 3. The van der Waals surface area contributed by atoms with Crippen molar-refractivity contribution in [3.8, 4) is 5.75 Å². The summed E-state index contributed by atoms with van der Waals surface area (Å²) >= 11 is 3.50. The second-order valence-corrected chi connectivity index (χ2v) is 7.06. The highest BCUT2D eigenvalue weighted by Crippen LogP contribution is 2.33. The molecule has 0 spiro atoms. The highest BCUT2D eigenvalue weighted by Gasteiger charge is 2.25. The Morgan fingerprint density at radius 2 is 1.84 bits per heavy atom. The highest BCUT2D eigenvalue weighted by atomic mass is 79.9. The lowest BCUT2D eigenvalue weighted by atomic mass is 9.83. The van der Waals surface area contributed by atoms with Crippen LogP contribution in [-0.2, 0) is 5.41 Å². The van der Waals surface area contributed by atoms with Gasteiger partial charge in [-0.2, -0.15) is 0 Å². The number of rotatable bonds is 6. The van der Waals surface area contributed by atoms with E-state index in [1.807, 2.05) is 12.1 Å². The predicted octanol–water partition coefficient (Wildman–Crippen LogP) is 3.10. The number of halogens is 1. The summed E-state index contributed by atoms with van der Waals surface area (Å²) < 4.78 is 6.48. The fourth-order valence-electron chi connectivity index (χ4n) is 1.99. The molecule has 0 aliphatic heterocycles. The number of nitrogens with one attached hydrogen (secondary N) is 1. The van der Waals surface area contributed by atoms with Gasteiger partial charge in [-0.05, 0) is 32.0 Å². The van der Waals surface area contributed by atoms with Crippen molar-refractivity contribution >= 4 is 15.9 Å². The highest BCUT2D eigenvalue weighted by molar-refractivity contribution is 9.10. The summed E-state index contributed by atoms with van der Waals surface area (Å²) in [7, 11) is 1.69. The SMILES string of the molecule is COc1ccc(Br)cc1C(C)(C)CNCC(C)(C)O. The maximum atomic E-state index is 9.74. The van der Waals surface area contributed by atoms with Crippen LogP contribution in [0.5, 0.6) is 5.75 Å². The molecular weight excluding hydrogens is 306 g/mol. The topological polar surface area (TPSA) is 41.5 Å². The normalized spacial score (nSPS) is 12.6. The average Bonchev–Trinajstić information content (AvgIpc) is 2.27. The molecule has 0 aromatic heterocycles. The lowest BCUT2D eigenvalue weighted by Crippen LogP contribution is -2.41. The Morgan fingerprint density at radius 1 is 1.21 bits per heavy atom. The first-order valence-corrected chi connectivity index (χ1v) is 7.22. The molecule has 0 unspecified atom stereocenters. The fraction of sp³-hybridized carbons (Fsp3) is 0.600. The number of aliphatic hydroxyl groups is 1. The van der Waals surface area contributed by atoms with Gasteiger partial charge in [0.25, 0.3) is 0 Å². The van der Waals surface area contributed by atoms with Crippen molar-refractivity contribution in [2.75, 3.05) is 20.2 Å². The van der Waals surface area contributed by atoms with E-state index in [0.717, 1.165) is 22.3 Å². The lowest BCUT2D eigenvalue weighted by Gasteiger charge is -2.29. The van der Waals surface area contributed by atoms with E-state index in [-0.39, 0.29) is 5.41 Å². The third kappa shape index (κ3) is 5.13. The molecule has 0 aliphatic rings. The molecule has 19 heavy (non-hydrogen) atoms. The summed E-state index contributed by atoms with van der Waals surface area (Å²) in [4.78, 5) is 0. The maximum absolute atomic E-state index is 9.74. The molecule has 0 saturated heterocycles. The van der Waals surface area contributed by atoms with Crippen molar-refractivity contribution in [1.82, 2.24) is 5.32 Å². The molecule has 0 saturated carbocycles. The Balaban J connectivity index is 2.84. The van der Waals surface area contributed by atoms with Crippen molar-refractivity contribution in [3.63, 3.8) is 0 Å². The summed E-state index contributed by atoms with van der Waals surface area (Å²) in [5.74, 6) is 0.887. The van der Waals surface area contributed by atoms with E-state index in [1.54, 1.807) is 21.0 Å². The molecule has 2 N–H and O–H groups in total. The van der Waals surface area contributed by atoms with Gasteiger partial charge in [-0.25, -0.2) is 0 Å². The molecule has 1 aromatic rings. The molecule has 0 heterocycles. The summed E-state index contributed by atoms with van der Waals surface area (Å²) in [5, 5.41) is 13.0. The third-order valence-corrected chi connectivity index (χ3v) is 3.51. The fourth-order valence-corrected chi connectivity index (χ4v) is 2.35. The van der Waals surface area contributed by atoms with Crippen LogP contribution in [0.25, 0.3) is 0 Å². The molecule has 3 nitrogen and oxygen atoms in total. The molecule has 1 rings (SSSR count). The van der Waals surface area contributed by atoms with Crippen LogP contribution >= 0.6 is 15.9 Å². The summed E-state index contributed by atoms with van der Waals surface area (Å²) in [6, 6.07) is 6.03. The monoisotopic (exact) mass is 329 g/mol. The maximum Gasteiger partial charge on any atom is 0.122 e. The Hall–Kier alpha value is -0.580. The summed E-state index contributed by atoms with van der Waals surface area (Å²) in [5.41, 5.74) is 0.366. The van der Waals surface area contributed by atoms with Gasteiger partial charge >= 0.3 is 0 Å². The minimum Gasteiger partial charge on any atom is -0.496 e. The lowest BCUT2D eigenvalue weighted by molar-refractivity contribution is 0.0785. The molecule has 1 aromatic carbocycles. The van der Waals surface area contributed by atoms with Gasteiger partial charge in [0.1, 0.15) is 5.75 Å². The molecule has 4 heteroatoms. The van der Waals surface area contributed by atoms with Gasteiger partial charge in [-0.1, -0.05) is 29.8 Å². The Labute approximate surface area is 124 Å². The first-order chi connectivity index (χ1) is 8.65. The van der Waals surface area contributed by atoms with Gasteiger partial charge in [0.2, 0.25) is 0 Å². The number of ether oxygens (including phenoxy) is 1. The Morgan fingerprint density at radius 3 is 2.37 bits per heavy atom. The van der Waals surface area contributed by atoms with Gasteiger partial charge in [0.15, 0.2) is 0 Å². The number of methoxy groups -OCH3 is 1. The van der Waals surface area contributed by atoms with Crippen molar-refractivity contribution < 1.29 is 9.84 Å². The van der Waals surface area contributed by atoms with E-state index in [4.69, 9.17) is 4.74 Å². The van der Waals surface area contributed by atoms with Crippen LogP contribution < -0.4 is 10.1 Å². The van der Waals surface area contributed by atoms with Crippen LogP contribution in [0.4, 0.5) is 0 Å². The van der Waals surface area contributed by atoms with E-state index < -0.39 is 5.60 Å². The second kappa shape index (κ2) is 6.25. The number of hydrogen-bond donors (Lipinski definition) is 2. The molecule has 0 atom stereocenters. The van der Waals surface area contributed by atoms with E-state index in [2.05, 4.69) is 41.2 Å². The second-order valence-electron chi connectivity index (χ2n) is 6.14. The van der Waals surface area contributed by atoms with Gasteiger partial charge in [-0.15, -0.1) is 0 Å². The minimum atomic E-state index is -0.697.